The first kappa shape index (κ1) is 18.5. The Morgan fingerprint density at radius 3 is 2.36 bits per heavy atom. The van der Waals surface area contributed by atoms with Gasteiger partial charge in [-0.1, -0.05) is 48.0 Å². The zero-order valence-corrected chi connectivity index (χ0v) is 16.3. The molecule has 1 aliphatic rings. The van der Waals surface area contributed by atoms with E-state index in [1.807, 2.05) is 17.0 Å². The summed E-state index contributed by atoms with van der Waals surface area (Å²) in [4.78, 5) is 17.6. The number of furan rings is 1. The summed E-state index contributed by atoms with van der Waals surface area (Å²) in [5.41, 5.74) is 3.46. The molecule has 0 spiro atoms. The fourth-order valence-electron chi connectivity index (χ4n) is 3.90. The van der Waals surface area contributed by atoms with E-state index in [-0.39, 0.29) is 11.9 Å². The zero-order chi connectivity index (χ0) is 19.3. The lowest BCUT2D eigenvalue weighted by atomic mass is 10.0. The van der Waals surface area contributed by atoms with Crippen molar-refractivity contribution in [1.82, 2.24) is 4.90 Å². The molecule has 4 heteroatoms. The van der Waals surface area contributed by atoms with E-state index in [0.717, 1.165) is 38.2 Å². The Morgan fingerprint density at radius 2 is 1.71 bits per heavy atom. The molecule has 3 aromatic rings. The molecule has 1 fully saturated rings. The molecule has 1 aliphatic heterocycles. The third-order valence-corrected chi connectivity index (χ3v) is 5.43. The minimum atomic E-state index is -0.0598. The van der Waals surface area contributed by atoms with Crippen LogP contribution in [0.2, 0.25) is 0 Å². The van der Waals surface area contributed by atoms with Crippen molar-refractivity contribution < 1.29 is 9.21 Å². The van der Waals surface area contributed by atoms with Crippen LogP contribution in [0.25, 0.3) is 0 Å². The van der Waals surface area contributed by atoms with Gasteiger partial charge in [0.05, 0.1) is 6.26 Å². The second kappa shape index (κ2) is 8.44. The molecule has 0 atom stereocenters. The molecule has 4 rings (SSSR count). The van der Waals surface area contributed by atoms with E-state index in [2.05, 4.69) is 54.3 Å². The van der Waals surface area contributed by atoms with E-state index >= 15 is 0 Å². The van der Waals surface area contributed by atoms with Crippen LogP contribution in [-0.4, -0.2) is 29.9 Å². The quantitative estimate of drug-likeness (QED) is 0.637. The fourth-order valence-corrected chi connectivity index (χ4v) is 3.90. The number of rotatable bonds is 5. The maximum atomic E-state index is 13.2. The Labute approximate surface area is 166 Å². The number of piperidine rings is 1. The van der Waals surface area contributed by atoms with Crippen molar-refractivity contribution in [3.05, 3.63) is 89.9 Å². The van der Waals surface area contributed by atoms with Gasteiger partial charge in [-0.25, -0.2) is 0 Å². The van der Waals surface area contributed by atoms with Gasteiger partial charge in [-0.3, -0.25) is 9.69 Å². The number of carbonyl (C=O) groups is 1. The SMILES string of the molecule is Cc1ccc(N(C(=O)c2ccco2)C2CCN(Cc3ccccc3)CC2)cc1. The van der Waals surface area contributed by atoms with Crippen molar-refractivity contribution in [2.75, 3.05) is 18.0 Å². The van der Waals surface area contributed by atoms with Gasteiger partial charge in [-0.2, -0.15) is 0 Å². The number of nitrogens with zero attached hydrogens (tertiary/aromatic N) is 2. The number of hydrogen-bond donors (Lipinski definition) is 0. The number of hydrogen-bond acceptors (Lipinski definition) is 3. The minimum absolute atomic E-state index is 0.0598. The summed E-state index contributed by atoms with van der Waals surface area (Å²) in [5.74, 6) is 0.336. The van der Waals surface area contributed by atoms with E-state index < -0.39 is 0 Å². The van der Waals surface area contributed by atoms with Crippen LogP contribution in [0.4, 0.5) is 5.69 Å². The Balaban J connectivity index is 1.49. The molecule has 0 radical (unpaired) electrons. The lowest BCUT2D eigenvalue weighted by molar-refractivity contribution is 0.0931. The largest absolute Gasteiger partial charge is 0.459 e. The summed E-state index contributed by atoms with van der Waals surface area (Å²) in [6.07, 6.45) is 3.46. The van der Waals surface area contributed by atoms with Gasteiger partial charge in [0.15, 0.2) is 5.76 Å². The van der Waals surface area contributed by atoms with E-state index in [4.69, 9.17) is 4.42 Å². The Morgan fingerprint density at radius 1 is 1.00 bits per heavy atom. The average molecular weight is 374 g/mol. The summed E-state index contributed by atoms with van der Waals surface area (Å²) < 4.78 is 5.41. The second-order valence-corrected chi connectivity index (χ2v) is 7.48. The van der Waals surface area contributed by atoms with Crippen molar-refractivity contribution in [2.45, 2.75) is 32.4 Å². The van der Waals surface area contributed by atoms with E-state index in [1.165, 1.54) is 11.1 Å². The molecule has 4 nitrogen and oxygen atoms in total. The number of aryl methyl sites for hydroxylation is 1. The van der Waals surface area contributed by atoms with E-state index in [0.29, 0.717) is 5.76 Å². The molecule has 0 N–H and O–H groups in total. The lowest BCUT2D eigenvalue weighted by Gasteiger charge is -2.38. The molecule has 2 heterocycles. The zero-order valence-electron chi connectivity index (χ0n) is 16.3. The number of anilines is 1. The van der Waals surface area contributed by atoms with Gasteiger partial charge < -0.3 is 9.32 Å². The molecule has 1 saturated heterocycles. The number of benzene rings is 2. The van der Waals surface area contributed by atoms with Crippen LogP contribution in [0.1, 0.15) is 34.5 Å². The highest BCUT2D eigenvalue weighted by Crippen LogP contribution is 2.27. The lowest BCUT2D eigenvalue weighted by Crippen LogP contribution is -2.47. The predicted octanol–water partition coefficient (Wildman–Crippen LogP) is 4.90. The number of carbonyl (C=O) groups excluding carboxylic acids is 1. The molecule has 2 aromatic carbocycles. The molecule has 0 unspecified atom stereocenters. The summed E-state index contributed by atoms with van der Waals surface area (Å²) in [6.45, 7) is 4.98. The average Bonchev–Trinajstić information content (AvgIpc) is 3.27. The summed E-state index contributed by atoms with van der Waals surface area (Å²) in [6, 6.07) is 22.4. The topological polar surface area (TPSA) is 36.7 Å². The number of amides is 1. The van der Waals surface area contributed by atoms with Crippen molar-refractivity contribution in [3.8, 4) is 0 Å². The maximum absolute atomic E-state index is 13.2. The fraction of sp³-hybridized carbons (Fsp3) is 0.292. The first-order valence-electron chi connectivity index (χ1n) is 9.91. The van der Waals surface area contributed by atoms with Crippen molar-refractivity contribution in [2.24, 2.45) is 0 Å². The van der Waals surface area contributed by atoms with E-state index in [1.54, 1.807) is 18.4 Å². The minimum Gasteiger partial charge on any atom is -0.459 e. The van der Waals surface area contributed by atoms with Crippen LogP contribution in [0.15, 0.2) is 77.4 Å². The molecular weight excluding hydrogens is 348 g/mol. The molecular formula is C24H26N2O2. The molecule has 1 amide bonds. The Kier molecular flexibility index (Phi) is 5.58. The van der Waals surface area contributed by atoms with Crippen LogP contribution in [0.3, 0.4) is 0 Å². The first-order chi connectivity index (χ1) is 13.7. The smallest absolute Gasteiger partial charge is 0.294 e. The standard InChI is InChI=1S/C24H26N2O2/c1-19-9-11-21(12-10-19)26(24(27)23-8-5-17-28-23)22-13-15-25(16-14-22)18-20-6-3-2-4-7-20/h2-12,17,22H,13-16,18H2,1H3. The monoisotopic (exact) mass is 374 g/mol. The molecule has 0 bridgehead atoms. The summed E-state index contributed by atoms with van der Waals surface area (Å²) >= 11 is 0. The highest BCUT2D eigenvalue weighted by Gasteiger charge is 2.31. The van der Waals surface area contributed by atoms with Crippen molar-refractivity contribution in [3.63, 3.8) is 0 Å². The third kappa shape index (κ3) is 4.18. The highest BCUT2D eigenvalue weighted by molar-refractivity contribution is 6.04. The molecule has 1 aromatic heterocycles. The van der Waals surface area contributed by atoms with Gasteiger partial charge in [-0.15, -0.1) is 0 Å². The van der Waals surface area contributed by atoms with Crippen LogP contribution in [0, 0.1) is 6.92 Å². The van der Waals surface area contributed by atoms with Gasteiger partial charge in [0, 0.05) is 31.4 Å². The molecule has 28 heavy (non-hydrogen) atoms. The van der Waals surface area contributed by atoms with Crippen LogP contribution in [-0.2, 0) is 6.54 Å². The normalized spacial score (nSPS) is 15.5. The second-order valence-electron chi connectivity index (χ2n) is 7.48. The number of likely N-dealkylation sites (tertiary alicyclic amines) is 1. The highest BCUT2D eigenvalue weighted by atomic mass is 16.3. The third-order valence-electron chi connectivity index (χ3n) is 5.43. The molecule has 0 aliphatic carbocycles. The molecule has 144 valence electrons. The van der Waals surface area contributed by atoms with Crippen molar-refractivity contribution in [1.29, 1.82) is 0 Å². The van der Waals surface area contributed by atoms with E-state index in [9.17, 15) is 4.79 Å². The molecule has 0 saturated carbocycles. The maximum Gasteiger partial charge on any atom is 0.294 e. The Bertz CT molecular complexity index is 880. The van der Waals surface area contributed by atoms with Crippen molar-refractivity contribution >= 4 is 11.6 Å². The first-order valence-corrected chi connectivity index (χ1v) is 9.91. The van der Waals surface area contributed by atoms with Crippen LogP contribution < -0.4 is 4.90 Å². The summed E-state index contributed by atoms with van der Waals surface area (Å²) in [5, 5.41) is 0. The summed E-state index contributed by atoms with van der Waals surface area (Å²) in [7, 11) is 0. The van der Waals surface area contributed by atoms with Crippen LogP contribution >= 0.6 is 0 Å². The van der Waals surface area contributed by atoms with Crippen LogP contribution in [0.5, 0.6) is 0 Å². The van der Waals surface area contributed by atoms with Gasteiger partial charge in [0.2, 0.25) is 0 Å². The Hall–Kier alpha value is -2.85. The predicted molar refractivity (Wildman–Crippen MR) is 111 cm³/mol. The van der Waals surface area contributed by atoms with Gasteiger partial charge in [0.25, 0.3) is 5.91 Å². The van der Waals surface area contributed by atoms with Gasteiger partial charge in [0.1, 0.15) is 0 Å². The van der Waals surface area contributed by atoms with Gasteiger partial charge >= 0.3 is 0 Å². The van der Waals surface area contributed by atoms with Gasteiger partial charge in [-0.05, 0) is 49.6 Å².